The Hall–Kier alpha value is -2.02. The first-order chi connectivity index (χ1) is 9.31. The summed E-state index contributed by atoms with van der Waals surface area (Å²) < 4.78 is 13.6. The molecule has 1 amide bonds. The van der Waals surface area contributed by atoms with Crippen LogP contribution in [0.3, 0.4) is 0 Å². The first-order valence-corrected chi connectivity index (χ1v) is 6.36. The van der Waals surface area contributed by atoms with E-state index in [1.54, 1.807) is 0 Å². The van der Waals surface area contributed by atoms with E-state index >= 15 is 0 Å². The fourth-order valence-corrected chi connectivity index (χ4v) is 2.29. The Balaban J connectivity index is 2.43. The Morgan fingerprint density at radius 2 is 2.10 bits per heavy atom. The number of hydrogen-bond acceptors (Lipinski definition) is 3. The van der Waals surface area contributed by atoms with Gasteiger partial charge in [0.25, 0.3) is 11.7 Å². The van der Waals surface area contributed by atoms with Gasteiger partial charge < -0.3 is 10.0 Å². The summed E-state index contributed by atoms with van der Waals surface area (Å²) in [6, 6.07) is 2.33. The Labute approximate surface area is 121 Å². The number of amides is 1. The molecule has 1 heterocycles. The van der Waals surface area contributed by atoms with Crippen molar-refractivity contribution in [3.8, 4) is 0 Å². The van der Waals surface area contributed by atoms with Crippen LogP contribution in [-0.2, 0) is 9.59 Å². The first-order valence-electron chi connectivity index (χ1n) is 5.56. The van der Waals surface area contributed by atoms with Crippen molar-refractivity contribution in [1.82, 2.24) is 0 Å². The van der Waals surface area contributed by atoms with Gasteiger partial charge in [0.15, 0.2) is 0 Å². The number of carboxylic acids is 1. The van der Waals surface area contributed by atoms with Crippen molar-refractivity contribution in [3.05, 3.63) is 39.6 Å². The van der Waals surface area contributed by atoms with Gasteiger partial charge in [-0.15, -0.1) is 0 Å². The van der Waals surface area contributed by atoms with Gasteiger partial charge in [-0.3, -0.25) is 9.59 Å². The second-order valence-electron chi connectivity index (χ2n) is 4.33. The molecule has 1 N–H and O–H groups in total. The molecule has 104 valence electrons. The predicted molar refractivity (Wildman–Crippen MR) is 72.2 cm³/mol. The molecule has 1 aromatic carbocycles. The van der Waals surface area contributed by atoms with Crippen LogP contribution in [0.25, 0.3) is 0 Å². The molecule has 1 aliphatic rings. The number of rotatable bonds is 3. The maximum atomic E-state index is 13.5. The Kier molecular flexibility index (Phi) is 3.71. The lowest BCUT2D eigenvalue weighted by molar-refractivity contribution is -0.131. The van der Waals surface area contributed by atoms with Gasteiger partial charge in [-0.2, -0.15) is 0 Å². The Bertz CT molecular complexity index is 669. The number of benzene rings is 1. The molecular weight excluding hydrogens is 333 g/mol. The van der Waals surface area contributed by atoms with Crippen molar-refractivity contribution in [2.24, 2.45) is 0 Å². The van der Waals surface area contributed by atoms with Crippen molar-refractivity contribution in [2.45, 2.75) is 6.92 Å². The predicted octanol–water partition coefficient (Wildman–Crippen LogP) is 2.15. The average Bonchev–Trinajstić information content (AvgIpc) is 2.55. The molecule has 0 aromatic heterocycles. The van der Waals surface area contributed by atoms with E-state index in [0.29, 0.717) is 5.57 Å². The van der Waals surface area contributed by atoms with Gasteiger partial charge in [-0.05, 0) is 40.6 Å². The summed E-state index contributed by atoms with van der Waals surface area (Å²) in [5, 5.41) is 8.64. The number of carbonyl (C=O) groups is 3. The zero-order valence-electron chi connectivity index (χ0n) is 10.3. The number of carboxylic acid groups (broad SMARTS) is 1. The topological polar surface area (TPSA) is 74.7 Å². The van der Waals surface area contributed by atoms with Gasteiger partial charge in [0.2, 0.25) is 0 Å². The molecule has 0 bridgehead atoms. The fraction of sp³-hybridized carbons (Fsp3) is 0.154. The van der Waals surface area contributed by atoms with Gasteiger partial charge in [0.05, 0.1) is 15.7 Å². The Morgan fingerprint density at radius 1 is 1.45 bits per heavy atom. The van der Waals surface area contributed by atoms with Crippen molar-refractivity contribution >= 4 is 39.3 Å². The van der Waals surface area contributed by atoms with E-state index in [9.17, 15) is 18.8 Å². The minimum Gasteiger partial charge on any atom is -0.478 e. The van der Waals surface area contributed by atoms with Gasteiger partial charge in [-0.25, -0.2) is 9.18 Å². The molecule has 7 heteroatoms. The highest BCUT2D eigenvalue weighted by Crippen LogP contribution is 2.33. The number of fused-ring (bicyclic) bond motifs is 1. The first kappa shape index (κ1) is 14.4. The average molecular weight is 342 g/mol. The molecule has 0 unspecified atom stereocenters. The molecular formula is C13H9BrFNO4. The number of ketones is 1. The minimum atomic E-state index is -1.15. The van der Waals surface area contributed by atoms with Crippen molar-refractivity contribution in [3.63, 3.8) is 0 Å². The van der Waals surface area contributed by atoms with Gasteiger partial charge in [0, 0.05) is 12.6 Å². The van der Waals surface area contributed by atoms with Crippen LogP contribution in [0.4, 0.5) is 10.1 Å². The van der Waals surface area contributed by atoms with Crippen LogP contribution >= 0.6 is 15.9 Å². The van der Waals surface area contributed by atoms with Crippen LogP contribution in [0, 0.1) is 5.82 Å². The minimum absolute atomic E-state index is 0.0784. The van der Waals surface area contributed by atoms with Gasteiger partial charge in [0.1, 0.15) is 5.82 Å². The summed E-state index contributed by atoms with van der Waals surface area (Å²) in [7, 11) is 0. The molecule has 0 saturated heterocycles. The number of halogens is 2. The quantitative estimate of drug-likeness (QED) is 0.675. The number of aliphatic carboxylic acids is 1. The molecule has 0 radical (unpaired) electrons. The maximum absolute atomic E-state index is 13.5. The highest BCUT2D eigenvalue weighted by molar-refractivity contribution is 9.10. The van der Waals surface area contributed by atoms with Crippen LogP contribution < -0.4 is 4.90 Å². The normalized spacial score (nSPS) is 14.8. The van der Waals surface area contributed by atoms with Crippen molar-refractivity contribution in [2.75, 3.05) is 11.4 Å². The summed E-state index contributed by atoms with van der Waals surface area (Å²) in [5.41, 5.74) is 0.625. The van der Waals surface area contributed by atoms with Crippen molar-refractivity contribution in [1.29, 1.82) is 0 Å². The second kappa shape index (κ2) is 5.16. The number of hydrogen-bond donors (Lipinski definition) is 1. The monoisotopic (exact) mass is 341 g/mol. The lowest BCUT2D eigenvalue weighted by atomic mass is 10.1. The van der Waals surface area contributed by atoms with E-state index in [-0.39, 0.29) is 22.3 Å². The largest absolute Gasteiger partial charge is 0.478 e. The molecule has 0 spiro atoms. The molecule has 20 heavy (non-hydrogen) atoms. The fourth-order valence-electron chi connectivity index (χ4n) is 1.95. The number of Topliss-reactive ketones (excluding diaryl/α,β-unsaturated/α-hetero) is 1. The van der Waals surface area contributed by atoms with Gasteiger partial charge >= 0.3 is 5.97 Å². The Morgan fingerprint density at radius 3 is 2.70 bits per heavy atom. The molecule has 0 atom stereocenters. The van der Waals surface area contributed by atoms with Crippen LogP contribution in [0.1, 0.15) is 17.3 Å². The number of nitrogens with zero attached hydrogens (tertiary/aromatic N) is 1. The lowest BCUT2D eigenvalue weighted by Crippen LogP contribution is -2.31. The third-order valence-electron chi connectivity index (χ3n) is 2.79. The van der Waals surface area contributed by atoms with E-state index in [2.05, 4.69) is 15.9 Å². The zero-order valence-corrected chi connectivity index (χ0v) is 11.9. The van der Waals surface area contributed by atoms with Gasteiger partial charge in [-0.1, -0.05) is 0 Å². The summed E-state index contributed by atoms with van der Waals surface area (Å²) in [4.78, 5) is 35.3. The summed E-state index contributed by atoms with van der Waals surface area (Å²) in [6.07, 6.45) is 0.935. The van der Waals surface area contributed by atoms with E-state index < -0.39 is 23.5 Å². The third-order valence-corrected chi connectivity index (χ3v) is 3.40. The third kappa shape index (κ3) is 2.49. The molecule has 0 aliphatic carbocycles. The number of anilines is 1. The van der Waals surface area contributed by atoms with Crippen LogP contribution in [0.2, 0.25) is 0 Å². The van der Waals surface area contributed by atoms with Crippen molar-refractivity contribution < 1.29 is 23.9 Å². The molecule has 0 saturated carbocycles. The van der Waals surface area contributed by atoms with E-state index in [4.69, 9.17) is 5.11 Å². The molecule has 2 rings (SSSR count). The van der Waals surface area contributed by atoms with Crippen LogP contribution in [0.15, 0.2) is 28.3 Å². The van der Waals surface area contributed by atoms with Crippen LogP contribution in [-0.4, -0.2) is 29.3 Å². The second-order valence-corrected chi connectivity index (χ2v) is 5.19. The summed E-state index contributed by atoms with van der Waals surface area (Å²) in [6.45, 7) is 1.43. The zero-order chi connectivity index (χ0) is 15.0. The standard InChI is InChI=1S/C13H9BrFNO4/c1-6(2-11(17)18)5-16-10-4-9(15)8(14)3-7(10)12(19)13(16)20/h2-4H,5H2,1H3,(H,17,18). The van der Waals surface area contributed by atoms with E-state index in [1.165, 1.54) is 13.0 Å². The SMILES string of the molecule is CC(=CC(=O)O)CN1C(=O)C(=O)c2cc(Br)c(F)cc21. The number of carbonyl (C=O) groups excluding carboxylic acids is 2. The lowest BCUT2D eigenvalue weighted by Gasteiger charge is -2.16. The molecule has 1 aliphatic heterocycles. The highest BCUT2D eigenvalue weighted by Gasteiger charge is 2.36. The molecule has 0 fully saturated rings. The summed E-state index contributed by atoms with van der Waals surface area (Å²) >= 11 is 2.95. The highest BCUT2D eigenvalue weighted by atomic mass is 79.9. The van der Waals surface area contributed by atoms with E-state index in [0.717, 1.165) is 17.0 Å². The summed E-state index contributed by atoms with van der Waals surface area (Å²) in [5.74, 6) is -3.28. The molecule has 1 aromatic rings. The van der Waals surface area contributed by atoms with Crippen LogP contribution in [0.5, 0.6) is 0 Å². The molecule has 5 nitrogen and oxygen atoms in total. The van der Waals surface area contributed by atoms with E-state index in [1.807, 2.05) is 0 Å². The smallest absolute Gasteiger partial charge is 0.328 e. The maximum Gasteiger partial charge on any atom is 0.328 e.